The largest absolute Gasteiger partial charge is 0.484 e. The zero-order valence-electron chi connectivity index (χ0n) is 12.4. The molecule has 0 aliphatic rings. The molecule has 114 valence electrons. The van der Waals surface area contributed by atoms with Gasteiger partial charge in [0.15, 0.2) is 11.6 Å². The van der Waals surface area contributed by atoms with E-state index < -0.39 is 5.82 Å². The predicted molar refractivity (Wildman–Crippen MR) is 81.0 cm³/mol. The summed E-state index contributed by atoms with van der Waals surface area (Å²) in [6.07, 6.45) is 0. The normalized spacial score (nSPS) is 12.5. The van der Waals surface area contributed by atoms with E-state index in [0.29, 0.717) is 11.6 Å². The highest BCUT2D eigenvalue weighted by Crippen LogP contribution is 2.25. The third kappa shape index (κ3) is 3.36. The molecule has 1 aromatic carbocycles. The van der Waals surface area contributed by atoms with Gasteiger partial charge in [-0.3, -0.25) is 4.68 Å². The van der Waals surface area contributed by atoms with E-state index in [1.165, 1.54) is 6.07 Å². The van der Waals surface area contributed by atoms with Crippen LogP contribution in [-0.2, 0) is 13.2 Å². The summed E-state index contributed by atoms with van der Waals surface area (Å²) in [4.78, 5) is 0. The fraction of sp³-hybridized carbons (Fsp3) is 0.400. The van der Waals surface area contributed by atoms with Gasteiger partial charge >= 0.3 is 0 Å². The van der Waals surface area contributed by atoms with Gasteiger partial charge in [-0.2, -0.15) is 5.10 Å². The molecular formula is C15H19ClFN3O. The fourth-order valence-corrected chi connectivity index (χ4v) is 2.26. The third-order valence-corrected chi connectivity index (χ3v) is 3.79. The second-order valence-electron chi connectivity index (χ2n) is 4.93. The van der Waals surface area contributed by atoms with Crippen LogP contribution in [0.2, 0.25) is 5.02 Å². The predicted octanol–water partition coefficient (Wildman–Crippen LogP) is 3.60. The smallest absolute Gasteiger partial charge is 0.165 e. The van der Waals surface area contributed by atoms with Gasteiger partial charge in [0.25, 0.3) is 0 Å². The maximum absolute atomic E-state index is 14.0. The van der Waals surface area contributed by atoms with E-state index in [1.807, 2.05) is 13.8 Å². The van der Waals surface area contributed by atoms with Gasteiger partial charge < -0.3 is 10.5 Å². The monoisotopic (exact) mass is 311 g/mol. The summed E-state index contributed by atoms with van der Waals surface area (Å²) in [5, 5.41) is 4.85. The minimum atomic E-state index is -0.430. The average molecular weight is 312 g/mol. The molecule has 0 radical (unpaired) electrons. The molecule has 0 aliphatic carbocycles. The topological polar surface area (TPSA) is 53.1 Å². The van der Waals surface area contributed by atoms with Crippen molar-refractivity contribution in [3.05, 3.63) is 46.0 Å². The first kappa shape index (κ1) is 15.8. The zero-order valence-corrected chi connectivity index (χ0v) is 13.1. The molecular weight excluding hydrogens is 293 g/mol. The van der Waals surface area contributed by atoms with Gasteiger partial charge in [-0.1, -0.05) is 17.7 Å². The molecule has 2 rings (SSSR count). The molecule has 1 aromatic heterocycles. The molecule has 1 heterocycles. The minimum absolute atomic E-state index is 0.169. The van der Waals surface area contributed by atoms with Crippen molar-refractivity contribution in [2.24, 2.45) is 5.73 Å². The molecule has 0 amide bonds. The first-order valence-corrected chi connectivity index (χ1v) is 7.21. The Bertz CT molecular complexity index is 640. The summed E-state index contributed by atoms with van der Waals surface area (Å²) in [6.45, 7) is 6.44. The number of rotatable bonds is 5. The Labute approximate surface area is 128 Å². The van der Waals surface area contributed by atoms with Crippen LogP contribution in [0.25, 0.3) is 0 Å². The van der Waals surface area contributed by atoms with Crippen LogP contribution in [0, 0.1) is 12.7 Å². The van der Waals surface area contributed by atoms with Crippen LogP contribution in [0.1, 0.15) is 36.8 Å². The number of nitrogens with zero attached hydrogens (tertiary/aromatic N) is 2. The van der Waals surface area contributed by atoms with Gasteiger partial charge in [-0.15, -0.1) is 0 Å². The lowest BCUT2D eigenvalue weighted by molar-refractivity contribution is 0.278. The van der Waals surface area contributed by atoms with E-state index >= 15 is 0 Å². The molecule has 2 aromatic rings. The lowest BCUT2D eigenvalue weighted by Gasteiger charge is -2.11. The van der Waals surface area contributed by atoms with Crippen molar-refractivity contribution in [2.45, 2.75) is 40.0 Å². The van der Waals surface area contributed by atoms with Gasteiger partial charge in [0, 0.05) is 12.6 Å². The van der Waals surface area contributed by atoms with Gasteiger partial charge in [0.1, 0.15) is 6.61 Å². The van der Waals surface area contributed by atoms with Gasteiger partial charge in [0.05, 0.1) is 16.4 Å². The minimum Gasteiger partial charge on any atom is -0.484 e. The third-order valence-electron chi connectivity index (χ3n) is 3.30. The summed E-state index contributed by atoms with van der Waals surface area (Å²) in [5.74, 6) is -0.253. The molecule has 0 saturated heterocycles. The second kappa shape index (κ2) is 6.45. The second-order valence-corrected chi connectivity index (χ2v) is 5.31. The van der Waals surface area contributed by atoms with Crippen LogP contribution in [0.15, 0.2) is 18.2 Å². The Morgan fingerprint density at radius 3 is 2.76 bits per heavy atom. The highest BCUT2D eigenvalue weighted by molar-refractivity contribution is 6.31. The quantitative estimate of drug-likeness (QED) is 0.918. The van der Waals surface area contributed by atoms with Gasteiger partial charge in [-0.05, 0) is 38.5 Å². The molecule has 0 bridgehead atoms. The van der Waals surface area contributed by atoms with Crippen LogP contribution in [0.3, 0.4) is 0 Å². The summed E-state index contributed by atoms with van der Waals surface area (Å²) < 4.78 is 21.3. The number of benzene rings is 1. The van der Waals surface area contributed by atoms with E-state index in [1.54, 1.807) is 23.7 Å². The van der Waals surface area contributed by atoms with Crippen molar-refractivity contribution >= 4 is 11.6 Å². The molecule has 0 fully saturated rings. The Morgan fingerprint density at radius 1 is 1.48 bits per heavy atom. The first-order valence-electron chi connectivity index (χ1n) is 6.83. The summed E-state index contributed by atoms with van der Waals surface area (Å²) in [7, 11) is 0. The molecule has 0 spiro atoms. The lowest BCUT2D eigenvalue weighted by Crippen LogP contribution is -2.08. The summed E-state index contributed by atoms with van der Waals surface area (Å²) >= 11 is 6.19. The van der Waals surface area contributed by atoms with Gasteiger partial charge in [-0.25, -0.2) is 4.39 Å². The van der Waals surface area contributed by atoms with E-state index in [0.717, 1.165) is 17.0 Å². The van der Waals surface area contributed by atoms with E-state index in [9.17, 15) is 4.39 Å². The molecule has 1 atom stereocenters. The Kier molecular flexibility index (Phi) is 4.85. The van der Waals surface area contributed by atoms with Crippen molar-refractivity contribution in [3.8, 4) is 5.75 Å². The first-order chi connectivity index (χ1) is 9.93. The maximum atomic E-state index is 14.0. The van der Waals surface area contributed by atoms with E-state index in [-0.39, 0.29) is 18.4 Å². The number of ether oxygens (including phenoxy) is 1. The summed E-state index contributed by atoms with van der Waals surface area (Å²) in [6, 6.07) is 4.52. The standard InChI is InChI=1S/C15H19ClFN3O/c1-4-20-13(15(16)10(3)19-20)8-21-14-6-5-11(9(2)18)7-12(14)17/h5-7,9H,4,8,18H2,1-3H3/t9-/m1/s1. The SMILES string of the molecule is CCn1nc(C)c(Cl)c1COc1ccc([C@@H](C)N)cc1F. The summed E-state index contributed by atoms with van der Waals surface area (Å²) in [5.41, 5.74) is 7.93. The number of nitrogens with two attached hydrogens (primary N) is 1. The Morgan fingerprint density at radius 2 is 2.19 bits per heavy atom. The van der Waals surface area contributed by atoms with Crippen molar-refractivity contribution < 1.29 is 9.13 Å². The molecule has 0 aliphatic heterocycles. The average Bonchev–Trinajstić information content (AvgIpc) is 2.72. The molecule has 21 heavy (non-hydrogen) atoms. The van der Waals surface area contributed by atoms with Crippen molar-refractivity contribution in [2.75, 3.05) is 0 Å². The molecule has 0 saturated carbocycles. The highest BCUT2D eigenvalue weighted by Gasteiger charge is 2.14. The van der Waals surface area contributed by atoms with Crippen LogP contribution in [-0.4, -0.2) is 9.78 Å². The molecule has 4 nitrogen and oxygen atoms in total. The van der Waals surface area contributed by atoms with E-state index in [4.69, 9.17) is 22.1 Å². The molecule has 2 N–H and O–H groups in total. The lowest BCUT2D eigenvalue weighted by atomic mass is 10.1. The van der Waals surface area contributed by atoms with E-state index in [2.05, 4.69) is 5.10 Å². The van der Waals surface area contributed by atoms with Crippen molar-refractivity contribution in [3.63, 3.8) is 0 Å². The fourth-order valence-electron chi connectivity index (χ4n) is 2.07. The highest BCUT2D eigenvalue weighted by atomic mass is 35.5. The van der Waals surface area contributed by atoms with Crippen LogP contribution in [0.4, 0.5) is 4.39 Å². The number of aromatic nitrogens is 2. The number of hydrogen-bond acceptors (Lipinski definition) is 3. The van der Waals surface area contributed by atoms with Crippen molar-refractivity contribution in [1.82, 2.24) is 9.78 Å². The maximum Gasteiger partial charge on any atom is 0.165 e. The number of hydrogen-bond donors (Lipinski definition) is 1. The molecule has 0 unspecified atom stereocenters. The Balaban J connectivity index is 2.17. The van der Waals surface area contributed by atoms with Crippen LogP contribution in [0.5, 0.6) is 5.75 Å². The number of halogens is 2. The van der Waals surface area contributed by atoms with Crippen LogP contribution >= 0.6 is 11.6 Å². The zero-order chi connectivity index (χ0) is 15.6. The molecule has 6 heteroatoms. The Hall–Kier alpha value is -1.59. The van der Waals surface area contributed by atoms with Crippen molar-refractivity contribution in [1.29, 1.82) is 0 Å². The number of aryl methyl sites for hydroxylation is 2. The van der Waals surface area contributed by atoms with Gasteiger partial charge in [0.2, 0.25) is 0 Å². The van der Waals surface area contributed by atoms with Crippen LogP contribution < -0.4 is 10.5 Å².